The van der Waals surface area contributed by atoms with Gasteiger partial charge in [0.05, 0.1) is 12.8 Å². The Kier molecular flexibility index (Phi) is 5.01. The molecule has 0 spiro atoms. The molecule has 0 bridgehead atoms. The fourth-order valence-corrected chi connectivity index (χ4v) is 3.86. The van der Waals surface area contributed by atoms with Crippen LogP contribution in [-0.4, -0.2) is 19.6 Å². The van der Waals surface area contributed by atoms with Crippen LogP contribution in [0.1, 0.15) is 29.0 Å². The summed E-state index contributed by atoms with van der Waals surface area (Å²) in [5.74, 6) is 3.15. The first-order chi connectivity index (χ1) is 14.8. The molecular weight excluding hydrogens is 378 g/mol. The molecule has 1 heterocycles. The lowest BCUT2D eigenvalue weighted by molar-refractivity contribution is 0.130. The molecule has 0 amide bonds. The van der Waals surface area contributed by atoms with Crippen LogP contribution in [-0.2, 0) is 11.4 Å². The molecule has 5 heteroatoms. The molecule has 30 heavy (non-hydrogen) atoms. The van der Waals surface area contributed by atoms with E-state index in [1.165, 1.54) is 5.56 Å². The van der Waals surface area contributed by atoms with Crippen LogP contribution in [0.25, 0.3) is 0 Å². The van der Waals surface area contributed by atoms with Gasteiger partial charge in [0.25, 0.3) is 0 Å². The van der Waals surface area contributed by atoms with Crippen molar-refractivity contribution in [3.8, 4) is 17.2 Å². The molecule has 0 saturated heterocycles. The maximum Gasteiger partial charge on any atom is 0.231 e. The molecule has 3 aromatic carbocycles. The van der Waals surface area contributed by atoms with Crippen LogP contribution in [0.15, 0.2) is 78.0 Å². The molecule has 3 aromatic rings. The number of fused-ring (bicyclic) bond motifs is 1. The number of ether oxygens (including phenoxy) is 3. The summed E-state index contributed by atoms with van der Waals surface area (Å²) in [5, 5.41) is 4.57. The van der Waals surface area contributed by atoms with E-state index in [4.69, 9.17) is 19.0 Å². The highest BCUT2D eigenvalue weighted by Gasteiger charge is 2.43. The van der Waals surface area contributed by atoms with E-state index in [2.05, 4.69) is 17.3 Å². The van der Waals surface area contributed by atoms with Crippen molar-refractivity contribution in [2.24, 2.45) is 11.1 Å². The Morgan fingerprint density at radius 2 is 1.77 bits per heavy atom. The summed E-state index contributed by atoms with van der Waals surface area (Å²) in [7, 11) is 1.67. The Balaban J connectivity index is 1.37. The lowest BCUT2D eigenvalue weighted by Gasteiger charge is -2.09. The third-order valence-corrected chi connectivity index (χ3v) is 5.59. The largest absolute Gasteiger partial charge is 0.497 e. The first kappa shape index (κ1) is 18.6. The Morgan fingerprint density at radius 1 is 0.967 bits per heavy atom. The molecule has 5 nitrogen and oxygen atoms in total. The van der Waals surface area contributed by atoms with E-state index in [9.17, 15) is 0 Å². The normalized spacial score (nSPS) is 19.4. The Hall–Kier alpha value is -3.47. The Labute approximate surface area is 175 Å². The van der Waals surface area contributed by atoms with Gasteiger partial charge in [-0.05, 0) is 65.4 Å². The molecule has 1 fully saturated rings. The molecule has 152 valence electrons. The highest BCUT2D eigenvalue weighted by Crippen LogP contribution is 2.51. The number of rotatable bonds is 7. The van der Waals surface area contributed by atoms with Gasteiger partial charge in [0.2, 0.25) is 6.79 Å². The number of oxime groups is 1. The van der Waals surface area contributed by atoms with Gasteiger partial charge in [0, 0.05) is 5.92 Å². The lowest BCUT2D eigenvalue weighted by Crippen LogP contribution is -2.07. The zero-order valence-electron chi connectivity index (χ0n) is 16.8. The molecule has 0 radical (unpaired) electrons. The minimum absolute atomic E-state index is 0.290. The summed E-state index contributed by atoms with van der Waals surface area (Å²) in [6, 6.07) is 24.3. The Morgan fingerprint density at radius 3 is 2.57 bits per heavy atom. The monoisotopic (exact) mass is 401 g/mol. The molecule has 0 aromatic heterocycles. The third kappa shape index (κ3) is 3.83. The first-order valence-corrected chi connectivity index (χ1v) is 10.1. The van der Waals surface area contributed by atoms with Crippen molar-refractivity contribution in [1.82, 2.24) is 0 Å². The van der Waals surface area contributed by atoms with E-state index in [1.807, 2.05) is 60.7 Å². The number of benzene rings is 3. The van der Waals surface area contributed by atoms with Gasteiger partial charge in [0.15, 0.2) is 11.5 Å². The summed E-state index contributed by atoms with van der Waals surface area (Å²) >= 11 is 0. The van der Waals surface area contributed by atoms with E-state index in [0.29, 0.717) is 25.2 Å². The van der Waals surface area contributed by atoms with Gasteiger partial charge < -0.3 is 19.0 Å². The molecule has 2 unspecified atom stereocenters. The predicted molar refractivity (Wildman–Crippen MR) is 114 cm³/mol. The lowest BCUT2D eigenvalue weighted by atomic mass is 10.0. The fourth-order valence-electron chi connectivity index (χ4n) is 3.86. The van der Waals surface area contributed by atoms with Crippen molar-refractivity contribution in [2.45, 2.75) is 18.9 Å². The van der Waals surface area contributed by atoms with Crippen molar-refractivity contribution in [3.05, 3.63) is 89.5 Å². The van der Waals surface area contributed by atoms with Crippen LogP contribution in [0, 0.1) is 5.92 Å². The second kappa shape index (κ2) is 8.11. The van der Waals surface area contributed by atoms with Gasteiger partial charge in [-0.15, -0.1) is 0 Å². The molecule has 0 N–H and O–H groups in total. The van der Waals surface area contributed by atoms with Gasteiger partial charge in [-0.2, -0.15) is 0 Å². The molecule has 5 rings (SSSR count). The topological polar surface area (TPSA) is 49.3 Å². The van der Waals surface area contributed by atoms with Crippen molar-refractivity contribution >= 4 is 5.71 Å². The molecule has 2 aliphatic rings. The zero-order chi connectivity index (χ0) is 20.3. The van der Waals surface area contributed by atoms with Gasteiger partial charge in [-0.3, -0.25) is 0 Å². The van der Waals surface area contributed by atoms with Crippen LogP contribution in [0.4, 0.5) is 0 Å². The van der Waals surface area contributed by atoms with Crippen molar-refractivity contribution in [1.29, 1.82) is 0 Å². The first-order valence-electron chi connectivity index (χ1n) is 10.1. The van der Waals surface area contributed by atoms with Crippen LogP contribution in [0.2, 0.25) is 0 Å². The Bertz CT molecular complexity index is 1050. The van der Waals surface area contributed by atoms with Crippen molar-refractivity contribution in [3.63, 3.8) is 0 Å². The van der Waals surface area contributed by atoms with Gasteiger partial charge in [-0.1, -0.05) is 41.6 Å². The average molecular weight is 401 g/mol. The molecule has 1 aliphatic heterocycles. The number of hydrogen-bond acceptors (Lipinski definition) is 5. The molecule has 2 atom stereocenters. The third-order valence-electron chi connectivity index (χ3n) is 5.59. The van der Waals surface area contributed by atoms with Gasteiger partial charge in [-0.25, -0.2) is 0 Å². The molecule has 1 saturated carbocycles. The SMILES string of the molecule is COc1ccc(C(=NOCc2ccccc2)C2CC2c2ccc3c(c2)OCO3)cc1. The summed E-state index contributed by atoms with van der Waals surface area (Å²) in [6.07, 6.45) is 1.03. The van der Waals surface area contributed by atoms with E-state index >= 15 is 0 Å². The predicted octanol–water partition coefficient (Wildman–Crippen LogP) is 5.15. The number of hydrogen-bond donors (Lipinski definition) is 0. The van der Waals surface area contributed by atoms with Crippen LogP contribution in [0.3, 0.4) is 0 Å². The second-order valence-corrected chi connectivity index (χ2v) is 7.53. The van der Waals surface area contributed by atoms with E-state index in [-0.39, 0.29) is 0 Å². The van der Waals surface area contributed by atoms with Crippen LogP contribution in [0.5, 0.6) is 17.2 Å². The van der Waals surface area contributed by atoms with E-state index in [1.54, 1.807) is 7.11 Å². The van der Waals surface area contributed by atoms with Gasteiger partial charge in [0.1, 0.15) is 12.4 Å². The average Bonchev–Trinajstić information content (AvgIpc) is 3.45. The van der Waals surface area contributed by atoms with E-state index in [0.717, 1.165) is 40.5 Å². The van der Waals surface area contributed by atoms with Gasteiger partial charge >= 0.3 is 0 Å². The highest BCUT2D eigenvalue weighted by atomic mass is 16.7. The summed E-state index contributed by atoms with van der Waals surface area (Å²) in [6.45, 7) is 0.737. The smallest absolute Gasteiger partial charge is 0.231 e. The fraction of sp³-hybridized carbons (Fsp3) is 0.240. The maximum absolute atomic E-state index is 5.76. The highest BCUT2D eigenvalue weighted by molar-refractivity contribution is 6.04. The van der Waals surface area contributed by atoms with E-state index < -0.39 is 0 Å². The van der Waals surface area contributed by atoms with Crippen molar-refractivity contribution in [2.75, 3.05) is 13.9 Å². The zero-order valence-corrected chi connectivity index (χ0v) is 16.8. The maximum atomic E-state index is 5.76. The van der Waals surface area contributed by atoms with Crippen LogP contribution >= 0.6 is 0 Å². The minimum atomic E-state index is 0.290. The van der Waals surface area contributed by atoms with Crippen molar-refractivity contribution < 1.29 is 19.0 Å². The summed E-state index contributed by atoms with van der Waals surface area (Å²) in [4.78, 5) is 5.76. The summed E-state index contributed by atoms with van der Waals surface area (Å²) < 4.78 is 16.3. The second-order valence-electron chi connectivity index (χ2n) is 7.53. The standard InChI is InChI=1S/C25H23NO4/c1-27-20-10-7-18(8-11-20)25(26-30-15-17-5-3-2-4-6-17)22-14-21(22)19-9-12-23-24(13-19)29-16-28-23/h2-13,21-22H,14-16H2,1H3. The molecule has 1 aliphatic carbocycles. The molecular formula is C25H23NO4. The number of nitrogens with zero attached hydrogens (tertiary/aromatic N) is 1. The number of methoxy groups -OCH3 is 1. The van der Waals surface area contributed by atoms with Crippen LogP contribution < -0.4 is 14.2 Å². The summed E-state index contributed by atoms with van der Waals surface area (Å²) in [5.41, 5.74) is 4.36. The quantitative estimate of drug-likeness (QED) is 0.406. The minimum Gasteiger partial charge on any atom is -0.497 e.